The average molecular weight is 364 g/mol. The molecule has 2 aromatic rings. The number of nitrogens with zero attached hydrogens (tertiary/aromatic N) is 1. The van der Waals surface area contributed by atoms with Gasteiger partial charge in [-0.2, -0.15) is 0 Å². The van der Waals surface area contributed by atoms with Crippen LogP contribution in [0.3, 0.4) is 0 Å². The maximum atomic E-state index is 13.5. The first kappa shape index (κ1) is 18.1. The van der Waals surface area contributed by atoms with E-state index >= 15 is 0 Å². The van der Waals surface area contributed by atoms with Gasteiger partial charge in [-0.05, 0) is 24.3 Å². The van der Waals surface area contributed by atoms with Gasteiger partial charge < -0.3 is 0 Å². The molecule has 0 unspecified atom stereocenters. The van der Waals surface area contributed by atoms with E-state index in [0.29, 0.717) is 0 Å². The summed E-state index contributed by atoms with van der Waals surface area (Å²) in [7, 11) is 0. The second-order valence-corrected chi connectivity index (χ2v) is 5.13. The van der Waals surface area contributed by atoms with Crippen LogP contribution in [-0.2, 0) is 4.79 Å². The lowest BCUT2D eigenvalue weighted by atomic mass is 10.2. The third kappa shape index (κ3) is 4.85. The highest BCUT2D eigenvalue weighted by Crippen LogP contribution is 2.20. The molecule has 128 valence electrons. The average Bonchev–Trinajstić information content (AvgIpc) is 2.59. The van der Waals surface area contributed by atoms with Gasteiger partial charge in [0.2, 0.25) is 0 Å². The molecule has 0 aliphatic heterocycles. The summed E-state index contributed by atoms with van der Waals surface area (Å²) in [6.07, 6.45) is 2.14. The summed E-state index contributed by atoms with van der Waals surface area (Å²) in [4.78, 5) is 33.5. The number of nitro groups is 1. The first-order chi connectivity index (χ1) is 11.9. The van der Waals surface area contributed by atoms with Crippen molar-refractivity contribution in [1.82, 2.24) is 10.9 Å². The summed E-state index contributed by atoms with van der Waals surface area (Å²) >= 11 is 5.81. The molecule has 0 spiro atoms. The Balaban J connectivity index is 1.98. The van der Waals surface area contributed by atoms with Gasteiger partial charge in [-0.1, -0.05) is 23.7 Å². The van der Waals surface area contributed by atoms with Crippen molar-refractivity contribution in [3.8, 4) is 0 Å². The molecular formula is C16H11ClFN3O4. The molecule has 2 amide bonds. The number of non-ortho nitro benzene ring substituents is 1. The molecule has 0 bridgehead atoms. The van der Waals surface area contributed by atoms with Gasteiger partial charge in [0, 0.05) is 29.3 Å². The van der Waals surface area contributed by atoms with Crippen molar-refractivity contribution >= 4 is 35.2 Å². The topological polar surface area (TPSA) is 101 Å². The number of hydrogen-bond donors (Lipinski definition) is 2. The number of amides is 2. The number of halogens is 2. The summed E-state index contributed by atoms with van der Waals surface area (Å²) in [5.41, 5.74) is 3.94. The molecule has 0 atom stereocenters. The molecule has 0 heterocycles. The van der Waals surface area contributed by atoms with E-state index in [1.165, 1.54) is 36.4 Å². The SMILES string of the molecule is O=C(/C=C/c1c(F)cccc1Cl)NNC(=O)c1cccc([N+](=O)[O-])c1. The quantitative estimate of drug-likeness (QED) is 0.495. The Kier molecular flexibility index (Phi) is 5.80. The van der Waals surface area contributed by atoms with Crippen molar-refractivity contribution in [2.24, 2.45) is 0 Å². The summed E-state index contributed by atoms with van der Waals surface area (Å²) in [5.74, 6) is -2.08. The number of nitrogens with one attached hydrogen (secondary N) is 2. The summed E-state index contributed by atoms with van der Waals surface area (Å²) < 4.78 is 13.5. The first-order valence-corrected chi connectivity index (χ1v) is 7.23. The van der Waals surface area contributed by atoms with Crippen LogP contribution in [0, 0.1) is 15.9 Å². The zero-order chi connectivity index (χ0) is 18.4. The number of carbonyl (C=O) groups excluding carboxylic acids is 2. The van der Waals surface area contributed by atoms with Gasteiger partial charge in [0.1, 0.15) is 5.82 Å². The largest absolute Gasteiger partial charge is 0.270 e. The molecule has 0 radical (unpaired) electrons. The lowest BCUT2D eigenvalue weighted by molar-refractivity contribution is -0.384. The molecule has 0 fully saturated rings. The van der Waals surface area contributed by atoms with Crippen LogP contribution in [0.2, 0.25) is 5.02 Å². The van der Waals surface area contributed by atoms with Crippen molar-refractivity contribution in [1.29, 1.82) is 0 Å². The molecule has 7 nitrogen and oxygen atoms in total. The van der Waals surface area contributed by atoms with Gasteiger partial charge in [-0.3, -0.25) is 30.6 Å². The fraction of sp³-hybridized carbons (Fsp3) is 0. The number of benzene rings is 2. The van der Waals surface area contributed by atoms with Crippen molar-refractivity contribution < 1.29 is 18.9 Å². The van der Waals surface area contributed by atoms with E-state index in [1.807, 2.05) is 0 Å². The number of carbonyl (C=O) groups is 2. The predicted octanol–water partition coefficient (Wildman–Crippen LogP) is 2.86. The summed E-state index contributed by atoms with van der Waals surface area (Å²) in [6.45, 7) is 0. The second-order valence-electron chi connectivity index (χ2n) is 4.72. The third-order valence-corrected chi connectivity index (χ3v) is 3.35. The van der Waals surface area contributed by atoms with Crippen LogP contribution >= 0.6 is 11.6 Å². The highest BCUT2D eigenvalue weighted by atomic mass is 35.5. The summed E-state index contributed by atoms with van der Waals surface area (Å²) in [6, 6.07) is 9.07. The molecule has 2 aromatic carbocycles. The van der Waals surface area contributed by atoms with E-state index in [-0.39, 0.29) is 21.8 Å². The number of hydrogen-bond acceptors (Lipinski definition) is 4. The minimum absolute atomic E-state index is 0.00405. The maximum absolute atomic E-state index is 13.5. The third-order valence-electron chi connectivity index (χ3n) is 3.02. The fourth-order valence-electron chi connectivity index (χ4n) is 1.82. The van der Waals surface area contributed by atoms with Crippen molar-refractivity contribution in [2.45, 2.75) is 0 Å². The lowest BCUT2D eigenvalue weighted by Gasteiger charge is -2.05. The molecule has 25 heavy (non-hydrogen) atoms. The second kappa shape index (κ2) is 8.02. The van der Waals surface area contributed by atoms with Gasteiger partial charge in [-0.15, -0.1) is 0 Å². The summed E-state index contributed by atoms with van der Waals surface area (Å²) in [5, 5.41) is 10.8. The van der Waals surface area contributed by atoms with E-state index in [4.69, 9.17) is 11.6 Å². The Labute approximate surface area is 146 Å². The van der Waals surface area contributed by atoms with Gasteiger partial charge in [-0.25, -0.2) is 4.39 Å². The molecule has 0 aromatic heterocycles. The van der Waals surface area contributed by atoms with Gasteiger partial charge in [0.25, 0.3) is 17.5 Å². The van der Waals surface area contributed by atoms with Crippen LogP contribution < -0.4 is 10.9 Å². The van der Waals surface area contributed by atoms with Crippen molar-refractivity contribution in [3.63, 3.8) is 0 Å². The molecule has 0 aliphatic carbocycles. The van der Waals surface area contributed by atoms with Crippen LogP contribution in [0.1, 0.15) is 15.9 Å². The van der Waals surface area contributed by atoms with Crippen LogP contribution in [0.4, 0.5) is 10.1 Å². The fourth-order valence-corrected chi connectivity index (χ4v) is 2.05. The van der Waals surface area contributed by atoms with Crippen LogP contribution in [-0.4, -0.2) is 16.7 Å². The highest BCUT2D eigenvalue weighted by Gasteiger charge is 2.11. The Morgan fingerprint density at radius 2 is 1.88 bits per heavy atom. The Hall–Kier alpha value is -3.26. The van der Waals surface area contributed by atoms with Crippen LogP contribution in [0.15, 0.2) is 48.5 Å². The lowest BCUT2D eigenvalue weighted by Crippen LogP contribution is -2.40. The van der Waals surface area contributed by atoms with Crippen molar-refractivity contribution in [2.75, 3.05) is 0 Å². The molecule has 0 aliphatic rings. The molecular weight excluding hydrogens is 353 g/mol. The Morgan fingerprint density at radius 1 is 1.16 bits per heavy atom. The smallest absolute Gasteiger partial charge is 0.268 e. The van der Waals surface area contributed by atoms with E-state index in [0.717, 1.165) is 18.2 Å². The molecule has 2 rings (SSSR count). The Bertz CT molecular complexity index is 850. The monoisotopic (exact) mass is 363 g/mol. The van der Waals surface area contributed by atoms with Crippen molar-refractivity contribution in [3.05, 3.63) is 80.6 Å². The Morgan fingerprint density at radius 3 is 2.56 bits per heavy atom. The number of nitro benzene ring substituents is 1. The standard InChI is InChI=1S/C16H11ClFN3O4/c17-13-5-2-6-14(18)12(13)7-8-15(22)19-20-16(23)10-3-1-4-11(9-10)21(24)25/h1-9H,(H,19,22)(H,20,23)/b8-7+. The zero-order valence-electron chi connectivity index (χ0n) is 12.5. The highest BCUT2D eigenvalue weighted by molar-refractivity contribution is 6.32. The minimum Gasteiger partial charge on any atom is -0.268 e. The number of rotatable bonds is 4. The maximum Gasteiger partial charge on any atom is 0.270 e. The normalized spacial score (nSPS) is 10.5. The van der Waals surface area contributed by atoms with E-state index in [2.05, 4.69) is 10.9 Å². The predicted molar refractivity (Wildman–Crippen MR) is 89.1 cm³/mol. The van der Waals surface area contributed by atoms with E-state index in [1.54, 1.807) is 0 Å². The van der Waals surface area contributed by atoms with Crippen LogP contribution in [0.5, 0.6) is 0 Å². The molecule has 0 saturated carbocycles. The minimum atomic E-state index is -0.741. The molecule has 0 saturated heterocycles. The van der Waals surface area contributed by atoms with Crippen LogP contribution in [0.25, 0.3) is 6.08 Å². The molecule has 2 N–H and O–H groups in total. The first-order valence-electron chi connectivity index (χ1n) is 6.85. The van der Waals surface area contributed by atoms with E-state index < -0.39 is 22.6 Å². The van der Waals surface area contributed by atoms with E-state index in [9.17, 15) is 24.1 Å². The molecule has 9 heteroatoms. The van der Waals surface area contributed by atoms with Gasteiger partial charge in [0.05, 0.1) is 9.95 Å². The number of hydrazine groups is 1. The van der Waals surface area contributed by atoms with Gasteiger partial charge in [0.15, 0.2) is 0 Å². The zero-order valence-corrected chi connectivity index (χ0v) is 13.3. The van der Waals surface area contributed by atoms with Gasteiger partial charge >= 0.3 is 0 Å².